The number of hydrogen-bond donors (Lipinski definition) is 0. The van der Waals surface area contributed by atoms with E-state index in [4.69, 9.17) is 14.7 Å². The van der Waals surface area contributed by atoms with E-state index in [0.717, 1.165) is 59.7 Å². The number of piperidine rings is 1. The quantitative estimate of drug-likeness (QED) is 0.432. The Labute approximate surface area is 196 Å². The van der Waals surface area contributed by atoms with Gasteiger partial charge in [-0.1, -0.05) is 49.6 Å². The van der Waals surface area contributed by atoms with E-state index in [2.05, 4.69) is 73.5 Å². The van der Waals surface area contributed by atoms with Crippen LogP contribution < -0.4 is 14.5 Å². The van der Waals surface area contributed by atoms with Crippen LogP contribution in [0.1, 0.15) is 30.1 Å². The highest BCUT2D eigenvalue weighted by Crippen LogP contribution is 2.37. The molecule has 3 aromatic rings. The SMILES string of the molecule is C=C/C=C(\C=C)c1nc(N2CCC(c3ccccc3OC)CC2)c2cc(N(C)C)ccc2n1. The summed E-state index contributed by atoms with van der Waals surface area (Å²) in [7, 11) is 5.85. The van der Waals surface area contributed by atoms with Crippen molar-refractivity contribution in [2.45, 2.75) is 18.8 Å². The van der Waals surface area contributed by atoms with Crippen LogP contribution in [0.5, 0.6) is 5.75 Å². The minimum absolute atomic E-state index is 0.478. The lowest BCUT2D eigenvalue weighted by Gasteiger charge is -2.34. The molecule has 0 atom stereocenters. The van der Waals surface area contributed by atoms with Gasteiger partial charge in [0.15, 0.2) is 5.82 Å². The van der Waals surface area contributed by atoms with E-state index in [0.29, 0.717) is 11.7 Å². The van der Waals surface area contributed by atoms with Crippen LogP contribution in [0.4, 0.5) is 11.5 Å². The lowest BCUT2D eigenvalue weighted by molar-refractivity contribution is 0.397. The first-order chi connectivity index (χ1) is 16.0. The highest BCUT2D eigenvalue weighted by atomic mass is 16.5. The van der Waals surface area contributed by atoms with E-state index in [1.807, 2.05) is 12.1 Å². The summed E-state index contributed by atoms with van der Waals surface area (Å²) in [5.41, 5.74) is 4.23. The third kappa shape index (κ3) is 4.63. The van der Waals surface area contributed by atoms with Gasteiger partial charge in [0.1, 0.15) is 11.6 Å². The van der Waals surface area contributed by atoms with Crippen molar-refractivity contribution >= 4 is 28.0 Å². The number of methoxy groups -OCH3 is 1. The molecule has 0 unspecified atom stereocenters. The van der Waals surface area contributed by atoms with Gasteiger partial charge in [0.2, 0.25) is 0 Å². The molecule has 2 heterocycles. The molecule has 1 saturated heterocycles. The maximum Gasteiger partial charge on any atom is 0.162 e. The summed E-state index contributed by atoms with van der Waals surface area (Å²) in [6.07, 6.45) is 7.53. The Morgan fingerprint density at radius 2 is 1.85 bits per heavy atom. The molecule has 0 aliphatic carbocycles. The van der Waals surface area contributed by atoms with Crippen molar-refractivity contribution in [1.82, 2.24) is 9.97 Å². The van der Waals surface area contributed by atoms with Crippen LogP contribution >= 0.6 is 0 Å². The molecule has 0 spiro atoms. The summed E-state index contributed by atoms with van der Waals surface area (Å²) in [4.78, 5) is 14.4. The smallest absolute Gasteiger partial charge is 0.162 e. The maximum atomic E-state index is 5.62. The predicted molar refractivity (Wildman–Crippen MR) is 139 cm³/mol. The average molecular weight is 441 g/mol. The minimum atomic E-state index is 0.478. The molecule has 0 saturated carbocycles. The Morgan fingerprint density at radius 1 is 1.09 bits per heavy atom. The van der Waals surface area contributed by atoms with E-state index in [-0.39, 0.29) is 0 Å². The number of aromatic nitrogens is 2. The standard InChI is InChI=1S/C28H32N4O/c1-6-10-20(7-2)27-29-25-14-13-22(31(3)4)19-24(25)28(30-27)32-17-15-21(16-18-32)23-11-8-9-12-26(23)33-5/h6-14,19,21H,1-2,15-18H2,3-5H3/b20-10+. The van der Waals surface area contributed by atoms with Crippen LogP contribution in [0.25, 0.3) is 16.5 Å². The summed E-state index contributed by atoms with van der Waals surface area (Å²) < 4.78 is 5.62. The zero-order valence-electron chi connectivity index (χ0n) is 19.8. The van der Waals surface area contributed by atoms with Crippen molar-refractivity contribution in [2.24, 2.45) is 0 Å². The zero-order valence-corrected chi connectivity index (χ0v) is 19.8. The number of para-hydroxylation sites is 1. The zero-order chi connectivity index (χ0) is 23.4. The molecule has 4 rings (SSSR count). The minimum Gasteiger partial charge on any atom is -0.496 e. The largest absolute Gasteiger partial charge is 0.496 e. The third-order valence-electron chi connectivity index (χ3n) is 6.32. The average Bonchev–Trinajstić information content (AvgIpc) is 2.86. The molecule has 33 heavy (non-hydrogen) atoms. The van der Waals surface area contributed by atoms with E-state index >= 15 is 0 Å². The lowest BCUT2D eigenvalue weighted by Crippen LogP contribution is -2.34. The second-order valence-corrected chi connectivity index (χ2v) is 8.53. The predicted octanol–water partition coefficient (Wildman–Crippen LogP) is 5.84. The fourth-order valence-corrected chi connectivity index (χ4v) is 4.52. The normalized spacial score (nSPS) is 14.9. The Kier molecular flexibility index (Phi) is 6.78. The highest BCUT2D eigenvalue weighted by Gasteiger charge is 2.25. The number of allylic oxidation sites excluding steroid dienone is 4. The monoisotopic (exact) mass is 440 g/mol. The Morgan fingerprint density at radius 3 is 2.52 bits per heavy atom. The van der Waals surface area contributed by atoms with Gasteiger partial charge < -0.3 is 14.5 Å². The van der Waals surface area contributed by atoms with Crippen molar-refractivity contribution in [1.29, 1.82) is 0 Å². The van der Waals surface area contributed by atoms with Crippen molar-refractivity contribution in [2.75, 3.05) is 44.1 Å². The number of fused-ring (bicyclic) bond motifs is 1. The van der Waals surface area contributed by atoms with Gasteiger partial charge in [0.25, 0.3) is 0 Å². The number of ether oxygens (including phenoxy) is 1. The van der Waals surface area contributed by atoms with E-state index in [9.17, 15) is 0 Å². The molecule has 1 fully saturated rings. The molecule has 0 bridgehead atoms. The Hall–Kier alpha value is -3.60. The van der Waals surface area contributed by atoms with Gasteiger partial charge in [-0.25, -0.2) is 9.97 Å². The van der Waals surface area contributed by atoms with Gasteiger partial charge in [-0.2, -0.15) is 0 Å². The molecule has 170 valence electrons. The number of nitrogens with zero attached hydrogens (tertiary/aromatic N) is 4. The van der Waals surface area contributed by atoms with Crippen LogP contribution in [0.15, 0.2) is 73.9 Å². The Balaban J connectivity index is 1.72. The molecular weight excluding hydrogens is 408 g/mol. The van der Waals surface area contributed by atoms with Gasteiger partial charge in [-0.3, -0.25) is 0 Å². The number of benzene rings is 2. The first kappa shape index (κ1) is 22.6. The van der Waals surface area contributed by atoms with Crippen molar-refractivity contribution < 1.29 is 4.74 Å². The van der Waals surface area contributed by atoms with Crippen LogP contribution in [0.3, 0.4) is 0 Å². The number of hydrogen-bond acceptors (Lipinski definition) is 5. The van der Waals surface area contributed by atoms with E-state index in [1.54, 1.807) is 19.3 Å². The van der Waals surface area contributed by atoms with Gasteiger partial charge in [0, 0.05) is 43.8 Å². The van der Waals surface area contributed by atoms with Crippen molar-refractivity contribution in [3.63, 3.8) is 0 Å². The second kappa shape index (κ2) is 9.90. The van der Waals surface area contributed by atoms with Gasteiger partial charge in [-0.05, 0) is 48.6 Å². The number of rotatable bonds is 7. The maximum absolute atomic E-state index is 5.62. The van der Waals surface area contributed by atoms with Crippen molar-refractivity contribution in [3.05, 3.63) is 85.2 Å². The van der Waals surface area contributed by atoms with E-state index < -0.39 is 0 Å². The molecule has 0 N–H and O–H groups in total. The summed E-state index contributed by atoms with van der Waals surface area (Å²) in [6, 6.07) is 14.7. The first-order valence-electron chi connectivity index (χ1n) is 11.4. The lowest BCUT2D eigenvalue weighted by atomic mass is 9.88. The third-order valence-corrected chi connectivity index (χ3v) is 6.32. The summed E-state index contributed by atoms with van der Waals surface area (Å²) in [6.45, 7) is 9.62. The second-order valence-electron chi connectivity index (χ2n) is 8.53. The van der Waals surface area contributed by atoms with Gasteiger partial charge >= 0.3 is 0 Å². The molecule has 5 heteroatoms. The molecule has 1 aromatic heterocycles. The highest BCUT2D eigenvalue weighted by molar-refractivity contribution is 5.93. The van der Waals surface area contributed by atoms with Crippen LogP contribution in [0.2, 0.25) is 0 Å². The molecule has 2 aromatic carbocycles. The summed E-state index contributed by atoms with van der Waals surface area (Å²) >= 11 is 0. The molecule has 1 aliphatic heterocycles. The molecule has 0 radical (unpaired) electrons. The van der Waals surface area contributed by atoms with Gasteiger partial charge in [0.05, 0.1) is 12.6 Å². The summed E-state index contributed by atoms with van der Waals surface area (Å²) in [5.74, 6) is 3.11. The topological polar surface area (TPSA) is 41.5 Å². The van der Waals surface area contributed by atoms with Crippen LogP contribution in [-0.4, -0.2) is 44.3 Å². The first-order valence-corrected chi connectivity index (χ1v) is 11.4. The van der Waals surface area contributed by atoms with Crippen LogP contribution in [0, 0.1) is 0 Å². The van der Waals surface area contributed by atoms with Gasteiger partial charge in [-0.15, -0.1) is 0 Å². The fourth-order valence-electron chi connectivity index (χ4n) is 4.52. The van der Waals surface area contributed by atoms with E-state index in [1.165, 1.54) is 5.56 Å². The summed E-state index contributed by atoms with van der Waals surface area (Å²) in [5, 5.41) is 1.07. The fraction of sp³-hybridized carbons (Fsp3) is 0.286. The molecular formula is C28H32N4O. The Bertz CT molecular complexity index is 1190. The molecule has 1 aliphatic rings. The number of anilines is 2. The molecule has 5 nitrogen and oxygen atoms in total. The molecule has 0 amide bonds. The van der Waals surface area contributed by atoms with Crippen LogP contribution in [-0.2, 0) is 0 Å². The van der Waals surface area contributed by atoms with Crippen molar-refractivity contribution in [3.8, 4) is 5.75 Å².